The third-order valence-corrected chi connectivity index (χ3v) is 15.2. The third-order valence-electron chi connectivity index (χ3n) is 15.2. The Kier molecular flexibility index (Phi) is 12.5. The summed E-state index contributed by atoms with van der Waals surface area (Å²) in [6, 6.07) is 0. The van der Waals surface area contributed by atoms with E-state index in [1.165, 1.54) is 6.92 Å². The minimum atomic E-state index is -1.67. The predicted octanol–water partition coefficient (Wildman–Crippen LogP) is 1.27. The summed E-state index contributed by atoms with van der Waals surface area (Å²) in [5.74, 6) is 1.57. The van der Waals surface area contributed by atoms with Crippen LogP contribution in [0.15, 0.2) is 0 Å². The number of Topliss-reactive ketones (excluding diaryl/α,β-unsaturated/α-hetero) is 1. The number of ketones is 1. The van der Waals surface area contributed by atoms with Crippen LogP contribution in [0.5, 0.6) is 0 Å². The van der Waals surface area contributed by atoms with E-state index >= 15 is 0 Å². The van der Waals surface area contributed by atoms with E-state index in [0.717, 1.165) is 32.1 Å². The minimum absolute atomic E-state index is 0.0409. The summed E-state index contributed by atoms with van der Waals surface area (Å²) in [5, 5.41) is 85.3. The van der Waals surface area contributed by atoms with Gasteiger partial charge in [0.1, 0.15) is 48.5 Å². The smallest absolute Gasteiger partial charge is 0.187 e. The molecule has 6 fully saturated rings. The van der Waals surface area contributed by atoms with Crippen molar-refractivity contribution in [3.8, 4) is 0 Å². The van der Waals surface area contributed by atoms with Gasteiger partial charge in [0.15, 0.2) is 12.6 Å². The number of carbonyl (C=O) groups excluding carboxylic acids is 1. The van der Waals surface area contributed by atoms with Gasteiger partial charge in [0.2, 0.25) is 0 Å². The second kappa shape index (κ2) is 16.0. The van der Waals surface area contributed by atoms with Crippen molar-refractivity contribution in [2.45, 2.75) is 172 Å². The fourth-order valence-corrected chi connectivity index (χ4v) is 12.0. The number of aliphatic hydroxyl groups is 8. The number of carbonyl (C=O) groups is 1. The van der Waals surface area contributed by atoms with Crippen LogP contribution >= 0.6 is 0 Å². The van der Waals surface area contributed by atoms with Gasteiger partial charge >= 0.3 is 0 Å². The van der Waals surface area contributed by atoms with Gasteiger partial charge in [0.25, 0.3) is 0 Å². The fraction of sp³-hybridized carbons (Fsp3) is 0.974. The van der Waals surface area contributed by atoms with Crippen LogP contribution in [-0.2, 0) is 23.7 Å². The summed E-state index contributed by atoms with van der Waals surface area (Å²) in [6.45, 7) is 9.69. The zero-order chi connectivity index (χ0) is 37.9. The van der Waals surface area contributed by atoms with Crippen molar-refractivity contribution in [3.05, 3.63) is 0 Å². The molecular formula is C39H66O13. The molecule has 4 aliphatic carbocycles. The summed E-state index contributed by atoms with van der Waals surface area (Å²) in [5.41, 5.74) is -0.130. The molecule has 2 saturated heterocycles. The molecule has 0 radical (unpaired) electrons. The Morgan fingerprint density at radius 1 is 0.827 bits per heavy atom. The summed E-state index contributed by atoms with van der Waals surface area (Å²) in [4.78, 5) is 12.5. The lowest BCUT2D eigenvalue weighted by atomic mass is 9.44. The van der Waals surface area contributed by atoms with Gasteiger partial charge in [-0.25, -0.2) is 0 Å². The van der Waals surface area contributed by atoms with Gasteiger partial charge in [0.05, 0.1) is 24.9 Å². The van der Waals surface area contributed by atoms with Gasteiger partial charge in [-0.05, 0) is 111 Å². The van der Waals surface area contributed by atoms with E-state index in [-0.39, 0.29) is 41.1 Å². The Morgan fingerprint density at radius 3 is 2.25 bits per heavy atom. The van der Waals surface area contributed by atoms with Crippen molar-refractivity contribution in [1.82, 2.24) is 0 Å². The second-order valence-corrected chi connectivity index (χ2v) is 18.2. The van der Waals surface area contributed by atoms with Crippen molar-refractivity contribution in [2.24, 2.45) is 52.3 Å². The van der Waals surface area contributed by atoms with Gasteiger partial charge in [-0.1, -0.05) is 27.7 Å². The first-order chi connectivity index (χ1) is 24.5. The van der Waals surface area contributed by atoms with Crippen LogP contribution in [0.25, 0.3) is 0 Å². The van der Waals surface area contributed by atoms with Crippen molar-refractivity contribution in [3.63, 3.8) is 0 Å². The SMILES string of the molecule is C[C@H](CO)CC[C@H](O)[C@@H](C)[C@H]1[C@@H](O[C@@H]2O[C@H](CO)[C@H](O)[C@H](O)[C@H]2O[C@H]2O[C@@H](C)[C@H](O)[C@@H](O)[C@H]2O)C[C@H]2[C@@H]3CC[C@H]4CC(=O)CC[C@]4(C)[C@H]3CC[C@]12C. The zero-order valence-corrected chi connectivity index (χ0v) is 31.6. The van der Waals surface area contributed by atoms with Crippen LogP contribution in [0.3, 0.4) is 0 Å². The molecule has 2 aliphatic heterocycles. The van der Waals surface area contributed by atoms with Gasteiger partial charge < -0.3 is 59.8 Å². The maximum atomic E-state index is 12.5. The predicted molar refractivity (Wildman–Crippen MR) is 186 cm³/mol. The molecule has 2 heterocycles. The molecule has 6 rings (SSSR count). The molecule has 6 aliphatic rings. The molecule has 0 spiro atoms. The average molecular weight is 743 g/mol. The standard InChI is InChI=1S/C39H66O13/c1-18(16-40)6-9-26(43)19(2)29-27(15-25-23-8-7-21-14-22(42)10-12-38(21,4)24(23)11-13-39(25,29)5)50-37-35(33(47)31(45)28(17-41)51-37)52-36-34(48)32(46)30(44)20(3)49-36/h18-21,23-37,40-41,43-48H,6-17H2,1-5H3/t18-,19+,20-,21-,23+,24-,25-,26-,27-,28+,29-,30-,31-,32+,33-,34+,35+,36+,37+,38-,39-/m0/s1. The minimum Gasteiger partial charge on any atom is -0.396 e. The van der Waals surface area contributed by atoms with Crippen molar-refractivity contribution in [1.29, 1.82) is 0 Å². The highest BCUT2D eigenvalue weighted by Gasteiger charge is 2.64. The topological polar surface area (TPSA) is 216 Å². The van der Waals surface area contributed by atoms with Gasteiger partial charge in [0, 0.05) is 19.4 Å². The summed E-state index contributed by atoms with van der Waals surface area (Å²) in [7, 11) is 0. The lowest BCUT2D eigenvalue weighted by Gasteiger charge is -2.60. The maximum Gasteiger partial charge on any atom is 0.187 e. The maximum absolute atomic E-state index is 12.5. The van der Waals surface area contributed by atoms with Gasteiger partial charge in [-0.2, -0.15) is 0 Å². The zero-order valence-electron chi connectivity index (χ0n) is 31.6. The van der Waals surface area contributed by atoms with E-state index in [2.05, 4.69) is 20.8 Å². The molecule has 4 saturated carbocycles. The van der Waals surface area contributed by atoms with Crippen molar-refractivity contribution >= 4 is 5.78 Å². The Morgan fingerprint density at radius 2 is 1.56 bits per heavy atom. The van der Waals surface area contributed by atoms with E-state index in [1.54, 1.807) is 0 Å². The monoisotopic (exact) mass is 742 g/mol. The molecule has 0 aromatic rings. The van der Waals surface area contributed by atoms with E-state index in [9.17, 15) is 45.6 Å². The van der Waals surface area contributed by atoms with E-state index in [4.69, 9.17) is 18.9 Å². The molecule has 0 bridgehead atoms. The average Bonchev–Trinajstić information content (AvgIpc) is 3.42. The molecule has 13 nitrogen and oxygen atoms in total. The third kappa shape index (κ3) is 7.29. The molecule has 52 heavy (non-hydrogen) atoms. The molecule has 0 amide bonds. The number of rotatable bonds is 11. The molecule has 0 aromatic carbocycles. The lowest BCUT2D eigenvalue weighted by Crippen LogP contribution is -2.64. The molecular weight excluding hydrogens is 676 g/mol. The fourth-order valence-electron chi connectivity index (χ4n) is 12.0. The molecule has 0 aromatic heterocycles. The second-order valence-electron chi connectivity index (χ2n) is 18.2. The number of hydrogen-bond donors (Lipinski definition) is 8. The molecule has 8 N–H and O–H groups in total. The summed E-state index contributed by atoms with van der Waals surface area (Å²) >= 11 is 0. The normalized spacial score (nSPS) is 51.2. The Hall–Kier alpha value is -0.810. The van der Waals surface area contributed by atoms with Crippen LogP contribution in [0.2, 0.25) is 0 Å². The van der Waals surface area contributed by atoms with Crippen LogP contribution < -0.4 is 0 Å². The molecule has 21 atom stereocenters. The highest BCUT2D eigenvalue weighted by Crippen LogP contribution is 2.68. The highest BCUT2D eigenvalue weighted by molar-refractivity contribution is 5.79. The van der Waals surface area contributed by atoms with Crippen LogP contribution in [0.4, 0.5) is 0 Å². The highest BCUT2D eigenvalue weighted by atomic mass is 16.8. The van der Waals surface area contributed by atoms with Gasteiger partial charge in [-0.3, -0.25) is 4.79 Å². The molecule has 300 valence electrons. The van der Waals surface area contributed by atoms with E-state index in [1.807, 2.05) is 6.92 Å². The first-order valence-corrected chi connectivity index (χ1v) is 20.0. The molecule has 13 heteroatoms. The van der Waals surface area contributed by atoms with Gasteiger partial charge in [-0.15, -0.1) is 0 Å². The summed E-state index contributed by atoms with van der Waals surface area (Å²) in [6.07, 6.45) is -7.26. The Balaban J connectivity index is 1.31. The number of fused-ring (bicyclic) bond motifs is 5. The number of hydrogen-bond acceptors (Lipinski definition) is 13. The lowest BCUT2D eigenvalue weighted by molar-refractivity contribution is -0.371. The summed E-state index contributed by atoms with van der Waals surface area (Å²) < 4.78 is 24.8. The van der Waals surface area contributed by atoms with Crippen LogP contribution in [-0.4, -0.2) is 133 Å². The van der Waals surface area contributed by atoms with E-state index < -0.39 is 80.2 Å². The number of ether oxygens (including phenoxy) is 4. The molecule has 0 unspecified atom stereocenters. The Labute approximate surface area is 308 Å². The number of aliphatic hydroxyl groups excluding tert-OH is 8. The van der Waals surface area contributed by atoms with Crippen molar-refractivity contribution < 1.29 is 64.6 Å². The van der Waals surface area contributed by atoms with Crippen molar-refractivity contribution in [2.75, 3.05) is 13.2 Å². The van der Waals surface area contributed by atoms with Crippen LogP contribution in [0, 0.1) is 52.3 Å². The van der Waals surface area contributed by atoms with Crippen LogP contribution in [0.1, 0.15) is 98.8 Å². The quantitative estimate of drug-likeness (QED) is 0.150. The Bertz CT molecular complexity index is 1220. The first kappa shape index (κ1) is 40.8. The van der Waals surface area contributed by atoms with E-state index in [0.29, 0.717) is 55.6 Å². The largest absolute Gasteiger partial charge is 0.396 e. The first-order valence-electron chi connectivity index (χ1n) is 20.0.